The van der Waals surface area contributed by atoms with Gasteiger partial charge in [0.1, 0.15) is 23.0 Å². The van der Waals surface area contributed by atoms with E-state index in [1.54, 1.807) is 84.1 Å². The Kier molecular flexibility index (Phi) is 24.7. The summed E-state index contributed by atoms with van der Waals surface area (Å²) in [6, 6.07) is 67.8. The van der Waals surface area contributed by atoms with E-state index in [0.29, 0.717) is 51.5 Å². The van der Waals surface area contributed by atoms with E-state index in [1.807, 2.05) is 91.9 Å². The molecule has 11 aromatic rings. The zero-order valence-corrected chi connectivity index (χ0v) is 56.6. The molecule has 13 N–H and O–H groups in total. The molecule has 0 spiro atoms. The first kappa shape index (κ1) is 72.1. The highest BCUT2D eigenvalue weighted by atomic mass is 32.1. The minimum atomic E-state index is -0.984. The quantitative estimate of drug-likeness (QED) is 0.0328. The molecule has 0 radical (unpaired) electrons. The topological polar surface area (TPSA) is 303 Å². The third kappa shape index (κ3) is 20.0. The Morgan fingerprint density at radius 2 is 0.700 bits per heavy atom. The maximum absolute atomic E-state index is 11.3. The van der Waals surface area contributed by atoms with Crippen LogP contribution in [0.1, 0.15) is 81.9 Å². The molecule has 0 fully saturated rings. The number of phenols is 4. The lowest BCUT2D eigenvalue weighted by Gasteiger charge is -2.13. The molecule has 0 aliphatic carbocycles. The number of rotatable bonds is 21. The molecule has 0 bridgehead atoms. The van der Waals surface area contributed by atoms with Gasteiger partial charge in [-0.2, -0.15) is 11.3 Å². The zero-order chi connectivity index (χ0) is 71.4. The summed E-state index contributed by atoms with van der Waals surface area (Å²) in [5, 5.41) is 52.5. The molecule has 1 aromatic heterocycles. The van der Waals surface area contributed by atoms with Gasteiger partial charge in [-0.15, -0.1) is 0 Å². The van der Waals surface area contributed by atoms with Crippen LogP contribution in [0.2, 0.25) is 0 Å². The van der Waals surface area contributed by atoms with Gasteiger partial charge in [-0.05, 0) is 229 Å². The van der Waals surface area contributed by atoms with Crippen LogP contribution < -0.4 is 22.9 Å². The highest BCUT2D eigenvalue weighted by Crippen LogP contribution is 2.37. The largest absolute Gasteiger partial charge is 0.508 e. The number of primary amides is 4. The normalized spacial score (nSPS) is 11.3. The first-order chi connectivity index (χ1) is 48.0. The van der Waals surface area contributed by atoms with Gasteiger partial charge in [-0.3, -0.25) is 24.2 Å². The van der Waals surface area contributed by atoms with E-state index < -0.39 is 11.9 Å². The predicted octanol–water partition coefficient (Wildman–Crippen LogP) is 16.1. The van der Waals surface area contributed by atoms with Gasteiger partial charge < -0.3 is 48.5 Å². The number of phenolic OH excluding ortho intramolecular Hbond substituents is 4. The first-order valence-corrected chi connectivity index (χ1v) is 33.5. The van der Waals surface area contributed by atoms with E-state index in [0.717, 1.165) is 111 Å². The van der Waals surface area contributed by atoms with Crippen molar-refractivity contribution >= 4 is 52.2 Å². The summed E-state index contributed by atoms with van der Waals surface area (Å²) in [4.78, 5) is 60.6. The van der Waals surface area contributed by atoms with Crippen LogP contribution in [-0.4, -0.2) is 67.4 Å². The van der Waals surface area contributed by atoms with E-state index in [2.05, 4.69) is 96.3 Å². The Morgan fingerprint density at radius 1 is 0.370 bits per heavy atom. The highest BCUT2D eigenvalue weighted by Gasteiger charge is 2.17. The third-order valence-electron chi connectivity index (χ3n) is 16.9. The van der Waals surface area contributed by atoms with Gasteiger partial charge in [-0.1, -0.05) is 169 Å². The van der Waals surface area contributed by atoms with Crippen LogP contribution in [0.15, 0.2) is 240 Å². The number of thiophene rings is 1. The van der Waals surface area contributed by atoms with Gasteiger partial charge in [0.25, 0.3) is 0 Å². The second kappa shape index (κ2) is 34.2. The van der Waals surface area contributed by atoms with Crippen molar-refractivity contribution < 1.29 is 49.5 Å². The van der Waals surface area contributed by atoms with E-state index in [1.165, 1.54) is 16.7 Å². The number of carboxylic acid groups (broad SMARTS) is 1. The zero-order valence-electron chi connectivity index (χ0n) is 55.8. The molecule has 100 heavy (non-hydrogen) atoms. The molecule has 4 amide bonds. The Morgan fingerprint density at radius 3 is 1.05 bits per heavy atom. The maximum Gasteiger partial charge on any atom is 0.335 e. The number of aromatic hydroxyl groups is 4. The van der Waals surface area contributed by atoms with Crippen molar-refractivity contribution in [2.75, 3.05) is 6.54 Å². The lowest BCUT2D eigenvalue weighted by molar-refractivity contribution is -0.118. The van der Waals surface area contributed by atoms with Gasteiger partial charge >= 0.3 is 5.97 Å². The summed E-state index contributed by atoms with van der Waals surface area (Å²) in [5.74, 6) is -1.49. The molecule has 1 aliphatic heterocycles. The Bertz CT molecular complexity index is 4880. The second-order valence-corrected chi connectivity index (χ2v) is 25.1. The number of aryl methyl sites for hydroxylation is 6. The lowest BCUT2D eigenvalue weighted by Crippen LogP contribution is -2.11. The summed E-state index contributed by atoms with van der Waals surface area (Å²) < 4.78 is 0. The average Bonchev–Trinajstić information content (AvgIpc) is 1.11. The minimum absolute atomic E-state index is 0.159. The number of nitrogens with two attached hydrogens (primary N) is 4. The van der Waals surface area contributed by atoms with Crippen LogP contribution in [-0.2, 0) is 44.9 Å². The number of carbonyl (C=O) groups excluding carboxylic acids is 4. The molecule has 16 heteroatoms. The SMILES string of the molecule is CC1=NCC=C1c1ccc(-c2cccc(O)c2)c(CCC(N)=O)c1.Cc1cccc(-c2ccc(-c3cccc(O)c3)c(CCC(N)=O)c2)c1.Cc1cscc1-c1ccc(-c2cccc(O)c2)c(CCC(N)=O)c1.NC(=O)CCc1cc(-c2cccc(C(=O)O)c2)ccc1-c1cccc(O)c1. The van der Waals surface area contributed by atoms with Gasteiger partial charge in [0, 0.05) is 37.0 Å². The van der Waals surface area contributed by atoms with E-state index in [9.17, 15) is 49.5 Å². The number of benzene rings is 10. The number of allylic oxidation sites excluding steroid dienone is 1. The fourth-order valence-corrected chi connectivity index (χ4v) is 12.8. The van der Waals surface area contributed by atoms with Gasteiger partial charge in [0.2, 0.25) is 23.6 Å². The molecule has 1 aliphatic rings. The number of nitrogens with zero attached hydrogens (tertiary/aromatic N) is 1. The summed E-state index contributed by atoms with van der Waals surface area (Å²) >= 11 is 1.68. The van der Waals surface area contributed by atoms with Gasteiger partial charge in [-0.25, -0.2) is 4.79 Å². The molecule has 2 heterocycles. The van der Waals surface area contributed by atoms with Crippen LogP contribution in [0.25, 0.3) is 83.5 Å². The molecule has 15 nitrogen and oxygen atoms in total. The number of carboxylic acids is 1. The summed E-state index contributed by atoms with van der Waals surface area (Å²) in [6.45, 7) is 6.88. The second-order valence-electron chi connectivity index (χ2n) is 24.3. The van der Waals surface area contributed by atoms with E-state index in [-0.39, 0.29) is 52.7 Å². The lowest BCUT2D eigenvalue weighted by atomic mass is 9.91. The van der Waals surface area contributed by atoms with Gasteiger partial charge in [0.15, 0.2) is 0 Å². The van der Waals surface area contributed by atoms with Crippen molar-refractivity contribution in [2.45, 2.75) is 72.1 Å². The van der Waals surface area contributed by atoms with Crippen LogP contribution in [0.5, 0.6) is 23.0 Å². The summed E-state index contributed by atoms with van der Waals surface area (Å²) in [7, 11) is 0. The Hall–Kier alpha value is -12.1. The van der Waals surface area contributed by atoms with Crippen LogP contribution in [0, 0.1) is 13.8 Å². The van der Waals surface area contributed by atoms with Crippen molar-refractivity contribution in [3.05, 3.63) is 280 Å². The van der Waals surface area contributed by atoms with Crippen molar-refractivity contribution in [3.8, 4) is 101 Å². The Balaban J connectivity index is 0.000000156. The molecule has 0 saturated carbocycles. The smallest absolute Gasteiger partial charge is 0.335 e. The monoisotopic (exact) mass is 1350 g/mol. The van der Waals surface area contributed by atoms with Crippen LogP contribution in [0.4, 0.5) is 0 Å². The predicted molar refractivity (Wildman–Crippen MR) is 401 cm³/mol. The van der Waals surface area contributed by atoms with Crippen molar-refractivity contribution in [2.24, 2.45) is 27.9 Å². The molecular weight excluding hydrogens is 1270 g/mol. The number of hydrogen-bond donors (Lipinski definition) is 9. The molecule has 0 saturated heterocycles. The average molecular weight is 1350 g/mol. The molecule has 10 aromatic carbocycles. The van der Waals surface area contributed by atoms with Crippen LogP contribution >= 0.6 is 11.3 Å². The van der Waals surface area contributed by atoms with Crippen molar-refractivity contribution in [1.82, 2.24) is 0 Å². The standard InChI is InChI=1S/C22H19NO4.C22H21NO2.C20H20N2O2.C20H19NO2S/c23-21(25)10-8-17-11-15(14-3-1-5-18(12-14)22(26)27)7-9-20(17)16-4-2-6-19(24)13-16;1-15-4-2-5-16(12-15)17-8-10-21(18-6-3-7-20(24)14-18)19(13-17)9-11-22(23)25;1-13-18(9-10-22-13)15-5-7-19(14-3-2-4-17(23)12-14)16(11-15)6-8-20(21)24;1-13-11-24-12-19(13)16-5-7-18(14-3-2-4-17(22)10-14)15(9-16)6-8-20(21)23/h1-7,9,11-13,24H,8,10H2,(H2,23,25)(H,26,27);2-8,10,12-14,24H,9,11H2,1H3,(H2,23,25);2-5,7,9,11-12,23H,6,8,10H2,1H3,(H2,21,24);2-5,7,9-12,22H,6,8H2,1H3,(H2,21,23). The van der Waals surface area contributed by atoms with Crippen molar-refractivity contribution in [1.29, 1.82) is 0 Å². The maximum atomic E-state index is 11.3. The van der Waals surface area contributed by atoms with E-state index >= 15 is 0 Å². The third-order valence-corrected chi connectivity index (χ3v) is 17.8. The van der Waals surface area contributed by atoms with E-state index in [4.69, 9.17) is 22.9 Å². The first-order valence-electron chi connectivity index (χ1n) is 32.5. The molecule has 12 rings (SSSR count). The molecule has 0 atom stereocenters. The number of carbonyl (C=O) groups is 5. The highest BCUT2D eigenvalue weighted by molar-refractivity contribution is 7.08. The Labute approximate surface area is 585 Å². The number of aromatic carboxylic acids is 1. The molecule has 0 unspecified atom stereocenters. The minimum Gasteiger partial charge on any atom is -0.508 e. The number of aliphatic imine (C=N–C) groups is 1. The summed E-state index contributed by atoms with van der Waals surface area (Å²) in [5.41, 5.74) is 45.0. The fraction of sp³-hybridized carbons (Fsp3) is 0.143. The molecular formula is C84H79N5O10S. The van der Waals surface area contributed by atoms with Crippen LogP contribution in [0.3, 0.4) is 0 Å². The van der Waals surface area contributed by atoms with Gasteiger partial charge in [0.05, 0.1) is 12.1 Å². The molecule has 506 valence electrons. The number of amides is 4. The number of hydrogen-bond acceptors (Lipinski definition) is 11. The van der Waals surface area contributed by atoms with Crippen molar-refractivity contribution in [3.63, 3.8) is 0 Å². The fourth-order valence-electron chi connectivity index (χ4n) is 11.9. The summed E-state index contributed by atoms with van der Waals surface area (Å²) in [6.07, 6.45) is 5.37.